The van der Waals surface area contributed by atoms with Gasteiger partial charge in [0, 0.05) is 12.6 Å². The van der Waals surface area contributed by atoms with Gasteiger partial charge in [-0.25, -0.2) is 0 Å². The molecule has 4 aliphatic carbocycles. The molecule has 0 aromatic carbocycles. The number of likely N-dealkylation sites (tertiary alicyclic amines) is 1. The van der Waals surface area contributed by atoms with E-state index < -0.39 is 0 Å². The topological polar surface area (TPSA) is 29.3 Å². The summed E-state index contributed by atoms with van der Waals surface area (Å²) >= 11 is 0. The Hall–Kier alpha value is -0.0800. The Labute approximate surface area is 105 Å². The van der Waals surface area contributed by atoms with E-state index in [1.54, 1.807) is 6.42 Å². The van der Waals surface area contributed by atoms with Crippen molar-refractivity contribution in [1.82, 2.24) is 4.90 Å². The summed E-state index contributed by atoms with van der Waals surface area (Å²) in [5, 5.41) is 0. The van der Waals surface area contributed by atoms with Crippen molar-refractivity contribution in [3.05, 3.63) is 0 Å². The molecule has 1 heterocycles. The van der Waals surface area contributed by atoms with Gasteiger partial charge in [-0.3, -0.25) is 4.90 Å². The summed E-state index contributed by atoms with van der Waals surface area (Å²) in [6.45, 7) is 3.53. The van der Waals surface area contributed by atoms with Crippen LogP contribution < -0.4 is 5.73 Å². The maximum Gasteiger partial charge on any atom is 0.0661 e. The smallest absolute Gasteiger partial charge is 0.0661 e. The molecule has 1 atom stereocenters. The Morgan fingerprint density at radius 2 is 1.59 bits per heavy atom. The summed E-state index contributed by atoms with van der Waals surface area (Å²) in [6, 6.07) is 0.847. The van der Waals surface area contributed by atoms with E-state index in [-0.39, 0.29) is 5.66 Å². The monoisotopic (exact) mass is 234 g/mol. The van der Waals surface area contributed by atoms with Gasteiger partial charge in [-0.15, -0.1) is 0 Å². The Bertz CT molecular complexity index is 295. The zero-order chi connectivity index (χ0) is 11.6. The average molecular weight is 234 g/mol. The molecule has 4 bridgehead atoms. The standard InChI is InChI=1S/C15H26N2/c1-15(16)3-2-4-17(15)14-12-6-10-5-11(8-12)9-13(14)7-10/h10-14H,2-9,16H2,1H3. The zero-order valence-electron chi connectivity index (χ0n) is 11.1. The van der Waals surface area contributed by atoms with E-state index in [2.05, 4.69) is 11.8 Å². The molecule has 0 aromatic rings. The van der Waals surface area contributed by atoms with Crippen LogP contribution in [0.1, 0.15) is 51.9 Å². The van der Waals surface area contributed by atoms with Crippen LogP contribution in [0.4, 0.5) is 0 Å². The number of rotatable bonds is 1. The van der Waals surface area contributed by atoms with Crippen LogP contribution in [0.15, 0.2) is 0 Å². The van der Waals surface area contributed by atoms with Crippen LogP contribution in [0.5, 0.6) is 0 Å². The van der Waals surface area contributed by atoms with E-state index >= 15 is 0 Å². The highest BCUT2D eigenvalue weighted by atomic mass is 15.3. The minimum atomic E-state index is 0.0000368. The summed E-state index contributed by atoms with van der Waals surface area (Å²) in [7, 11) is 0. The minimum Gasteiger partial charge on any atom is -0.313 e. The van der Waals surface area contributed by atoms with Crippen LogP contribution in [-0.4, -0.2) is 23.1 Å². The van der Waals surface area contributed by atoms with Crippen molar-refractivity contribution in [2.24, 2.45) is 29.4 Å². The number of nitrogens with zero attached hydrogens (tertiary/aromatic N) is 1. The van der Waals surface area contributed by atoms with Crippen LogP contribution in [-0.2, 0) is 0 Å². The highest BCUT2D eigenvalue weighted by Gasteiger charge is 2.53. The molecule has 0 radical (unpaired) electrons. The molecule has 1 saturated heterocycles. The first-order valence-electron chi connectivity index (χ1n) is 7.69. The molecule has 1 unspecified atom stereocenters. The van der Waals surface area contributed by atoms with Gasteiger partial charge in [0.2, 0.25) is 0 Å². The van der Waals surface area contributed by atoms with Gasteiger partial charge in [-0.2, -0.15) is 0 Å². The molecular weight excluding hydrogens is 208 g/mol. The molecule has 2 N–H and O–H groups in total. The van der Waals surface area contributed by atoms with Crippen LogP contribution in [0.3, 0.4) is 0 Å². The second-order valence-electron chi connectivity index (χ2n) is 7.58. The lowest BCUT2D eigenvalue weighted by Crippen LogP contribution is -2.62. The summed E-state index contributed by atoms with van der Waals surface area (Å²) in [5.74, 6) is 4.15. The molecule has 0 aromatic heterocycles. The second-order valence-corrected chi connectivity index (χ2v) is 7.58. The summed E-state index contributed by atoms with van der Waals surface area (Å²) in [6.07, 6.45) is 10.1. The van der Waals surface area contributed by atoms with Gasteiger partial charge in [0.25, 0.3) is 0 Å². The van der Waals surface area contributed by atoms with Crippen molar-refractivity contribution in [3.63, 3.8) is 0 Å². The number of hydrogen-bond donors (Lipinski definition) is 1. The van der Waals surface area contributed by atoms with E-state index in [0.29, 0.717) is 0 Å². The van der Waals surface area contributed by atoms with Crippen LogP contribution >= 0.6 is 0 Å². The molecule has 96 valence electrons. The molecule has 0 amide bonds. The van der Waals surface area contributed by atoms with Crippen molar-refractivity contribution in [3.8, 4) is 0 Å². The van der Waals surface area contributed by atoms with Gasteiger partial charge in [0.05, 0.1) is 5.66 Å². The van der Waals surface area contributed by atoms with Crippen molar-refractivity contribution in [2.45, 2.75) is 63.6 Å². The molecule has 17 heavy (non-hydrogen) atoms. The van der Waals surface area contributed by atoms with Crippen molar-refractivity contribution < 1.29 is 0 Å². The van der Waals surface area contributed by atoms with Gasteiger partial charge in [-0.1, -0.05) is 0 Å². The van der Waals surface area contributed by atoms with Gasteiger partial charge in [-0.05, 0) is 75.5 Å². The highest BCUT2D eigenvalue weighted by Crippen LogP contribution is 2.56. The lowest BCUT2D eigenvalue weighted by atomic mass is 9.53. The normalized spacial score (nSPS) is 57.9. The van der Waals surface area contributed by atoms with E-state index in [1.165, 1.54) is 45.1 Å². The summed E-state index contributed by atoms with van der Waals surface area (Å²) in [4.78, 5) is 2.71. The third-order valence-corrected chi connectivity index (χ3v) is 6.27. The van der Waals surface area contributed by atoms with Crippen LogP contribution in [0.2, 0.25) is 0 Å². The summed E-state index contributed by atoms with van der Waals surface area (Å²) < 4.78 is 0. The maximum absolute atomic E-state index is 6.53. The molecule has 2 heteroatoms. The number of hydrogen-bond acceptors (Lipinski definition) is 2. The fourth-order valence-corrected chi connectivity index (χ4v) is 5.90. The first-order chi connectivity index (χ1) is 8.13. The van der Waals surface area contributed by atoms with Gasteiger partial charge >= 0.3 is 0 Å². The quantitative estimate of drug-likeness (QED) is 0.755. The molecule has 1 aliphatic heterocycles. The van der Waals surface area contributed by atoms with Crippen molar-refractivity contribution in [2.75, 3.05) is 6.54 Å². The molecule has 5 fully saturated rings. The first-order valence-corrected chi connectivity index (χ1v) is 7.69. The lowest BCUT2D eigenvalue weighted by Gasteiger charge is -2.58. The van der Waals surface area contributed by atoms with Crippen LogP contribution in [0.25, 0.3) is 0 Å². The zero-order valence-corrected chi connectivity index (χ0v) is 11.1. The Kier molecular flexibility index (Phi) is 2.21. The predicted octanol–water partition coefficient (Wildman–Crippen LogP) is 2.58. The third kappa shape index (κ3) is 1.53. The molecule has 5 aliphatic rings. The lowest BCUT2D eigenvalue weighted by molar-refractivity contribution is -0.0848. The molecular formula is C15H26N2. The van der Waals surface area contributed by atoms with Crippen molar-refractivity contribution >= 4 is 0 Å². The van der Waals surface area contributed by atoms with Crippen LogP contribution in [0, 0.1) is 23.7 Å². The van der Waals surface area contributed by atoms with Crippen molar-refractivity contribution in [1.29, 1.82) is 0 Å². The van der Waals surface area contributed by atoms with E-state index in [1.807, 2.05) is 0 Å². The van der Waals surface area contributed by atoms with Gasteiger partial charge in [0.1, 0.15) is 0 Å². The molecule has 5 rings (SSSR count). The molecule has 0 spiro atoms. The van der Waals surface area contributed by atoms with Gasteiger partial charge < -0.3 is 5.73 Å². The predicted molar refractivity (Wildman–Crippen MR) is 69.4 cm³/mol. The van der Waals surface area contributed by atoms with Gasteiger partial charge in [0.15, 0.2) is 0 Å². The molecule has 2 nitrogen and oxygen atoms in total. The molecule has 4 saturated carbocycles. The SMILES string of the molecule is CC1(N)CCCN1C1C2CC3CC(C2)CC1C3. The number of nitrogens with two attached hydrogens (primary N) is 1. The second kappa shape index (κ2) is 3.48. The minimum absolute atomic E-state index is 0.0000368. The summed E-state index contributed by atoms with van der Waals surface area (Å²) in [5.41, 5.74) is 6.53. The van der Waals surface area contributed by atoms with E-state index in [0.717, 1.165) is 29.7 Å². The Morgan fingerprint density at radius 3 is 2.06 bits per heavy atom. The highest BCUT2D eigenvalue weighted by molar-refractivity contribution is 5.05. The Morgan fingerprint density at radius 1 is 1.00 bits per heavy atom. The Balaban J connectivity index is 1.62. The fraction of sp³-hybridized carbons (Fsp3) is 1.00. The third-order valence-electron chi connectivity index (χ3n) is 6.27. The maximum atomic E-state index is 6.53. The van der Waals surface area contributed by atoms with E-state index in [9.17, 15) is 0 Å². The first kappa shape index (κ1) is 10.8. The largest absolute Gasteiger partial charge is 0.313 e. The fourth-order valence-electron chi connectivity index (χ4n) is 5.90. The van der Waals surface area contributed by atoms with E-state index in [4.69, 9.17) is 5.73 Å². The average Bonchev–Trinajstić information content (AvgIpc) is 2.57.